The molecule has 5 rings (SSSR count). The predicted molar refractivity (Wildman–Crippen MR) is 125 cm³/mol. The van der Waals surface area contributed by atoms with Crippen LogP contribution < -0.4 is 9.80 Å². The molecule has 2 aliphatic rings. The zero-order valence-electron chi connectivity index (χ0n) is 18.9. The Hall–Kier alpha value is -3.68. The first-order valence-electron chi connectivity index (χ1n) is 11.3. The Bertz CT molecular complexity index is 1150. The Balaban J connectivity index is 1.17. The van der Waals surface area contributed by atoms with Gasteiger partial charge in [0.05, 0.1) is 5.92 Å². The average molecular weight is 446 g/mol. The largest absolute Gasteiger partial charge is 0.368 e. The average Bonchev–Trinajstić information content (AvgIpc) is 3.45. The highest BCUT2D eigenvalue weighted by atomic mass is 16.5. The number of aryl methyl sites for hydroxylation is 2. The highest BCUT2D eigenvalue weighted by molar-refractivity contribution is 6.00. The number of carbonyl (C=O) groups is 2. The van der Waals surface area contributed by atoms with Crippen molar-refractivity contribution < 1.29 is 14.1 Å². The third-order valence-corrected chi connectivity index (χ3v) is 6.43. The van der Waals surface area contributed by atoms with Gasteiger partial charge in [-0.05, 0) is 43.3 Å². The minimum Gasteiger partial charge on any atom is -0.368 e. The maximum absolute atomic E-state index is 13.1. The molecule has 0 radical (unpaired) electrons. The van der Waals surface area contributed by atoms with E-state index in [0.717, 1.165) is 35.6 Å². The van der Waals surface area contributed by atoms with Crippen LogP contribution in [-0.2, 0) is 9.59 Å². The molecule has 2 amide bonds. The standard InChI is InChI=1S/C25H27N5O3/c1-17-3-7-22(8-4-17)30-16-20(15-23(30)31)25(32)29-13-11-28(12-14-29)21-9-5-19(6-10-21)24-26-18(2)33-27-24/h3-10,20H,11-16H2,1-2H3. The minimum absolute atomic E-state index is 0.0210. The summed E-state index contributed by atoms with van der Waals surface area (Å²) in [7, 11) is 0. The third kappa shape index (κ3) is 4.33. The highest BCUT2D eigenvalue weighted by Gasteiger charge is 2.37. The van der Waals surface area contributed by atoms with Crippen molar-refractivity contribution in [2.45, 2.75) is 20.3 Å². The van der Waals surface area contributed by atoms with Crippen LogP contribution in [0.25, 0.3) is 11.4 Å². The van der Waals surface area contributed by atoms with Crippen LogP contribution >= 0.6 is 0 Å². The van der Waals surface area contributed by atoms with Crippen LogP contribution in [0.4, 0.5) is 11.4 Å². The first-order valence-corrected chi connectivity index (χ1v) is 11.3. The zero-order chi connectivity index (χ0) is 22.9. The number of amides is 2. The molecule has 33 heavy (non-hydrogen) atoms. The molecular weight excluding hydrogens is 418 g/mol. The Kier molecular flexibility index (Phi) is 5.58. The van der Waals surface area contributed by atoms with Gasteiger partial charge in [-0.3, -0.25) is 9.59 Å². The van der Waals surface area contributed by atoms with Crippen LogP contribution in [0, 0.1) is 19.8 Å². The van der Waals surface area contributed by atoms with Crippen LogP contribution in [0.1, 0.15) is 17.9 Å². The summed E-state index contributed by atoms with van der Waals surface area (Å²) in [5.74, 6) is 0.956. The van der Waals surface area contributed by atoms with Crippen molar-refractivity contribution in [3.8, 4) is 11.4 Å². The molecule has 3 heterocycles. The van der Waals surface area contributed by atoms with Crippen LogP contribution in [0.3, 0.4) is 0 Å². The van der Waals surface area contributed by atoms with Crippen LogP contribution in [0.15, 0.2) is 53.1 Å². The summed E-state index contributed by atoms with van der Waals surface area (Å²) in [5.41, 5.74) is 4.03. The van der Waals surface area contributed by atoms with Gasteiger partial charge in [-0.2, -0.15) is 4.98 Å². The van der Waals surface area contributed by atoms with Crippen molar-refractivity contribution >= 4 is 23.2 Å². The number of rotatable bonds is 4. The van der Waals surface area contributed by atoms with Gasteiger partial charge in [0.1, 0.15) is 0 Å². The van der Waals surface area contributed by atoms with Crippen molar-refractivity contribution in [2.75, 3.05) is 42.5 Å². The smallest absolute Gasteiger partial charge is 0.228 e. The summed E-state index contributed by atoms with van der Waals surface area (Å²) >= 11 is 0. The maximum atomic E-state index is 13.1. The van der Waals surface area contributed by atoms with Crippen molar-refractivity contribution in [1.82, 2.24) is 15.0 Å². The molecule has 2 aromatic carbocycles. The number of carbonyl (C=O) groups excluding carboxylic acids is 2. The molecule has 2 saturated heterocycles. The molecule has 2 aliphatic heterocycles. The normalized spacial score (nSPS) is 18.8. The van der Waals surface area contributed by atoms with Gasteiger partial charge < -0.3 is 19.2 Å². The zero-order valence-corrected chi connectivity index (χ0v) is 18.9. The molecule has 8 nitrogen and oxygen atoms in total. The molecule has 8 heteroatoms. The van der Waals surface area contributed by atoms with Gasteiger partial charge in [-0.25, -0.2) is 0 Å². The summed E-state index contributed by atoms with van der Waals surface area (Å²) in [6.07, 6.45) is 0.282. The molecule has 0 saturated carbocycles. The second-order valence-electron chi connectivity index (χ2n) is 8.74. The van der Waals surface area contributed by atoms with Gasteiger partial charge in [0.15, 0.2) is 0 Å². The van der Waals surface area contributed by atoms with Gasteiger partial charge in [0, 0.05) is 63.0 Å². The van der Waals surface area contributed by atoms with Gasteiger partial charge in [-0.15, -0.1) is 0 Å². The van der Waals surface area contributed by atoms with E-state index in [1.54, 1.807) is 11.8 Å². The SMILES string of the molecule is Cc1ccc(N2CC(C(=O)N3CCN(c4ccc(-c5noc(C)n5)cc4)CC3)CC2=O)cc1. The molecule has 0 N–H and O–H groups in total. The van der Waals surface area contributed by atoms with E-state index in [-0.39, 0.29) is 24.2 Å². The number of anilines is 2. The molecule has 1 aromatic heterocycles. The van der Waals surface area contributed by atoms with E-state index in [9.17, 15) is 9.59 Å². The van der Waals surface area contributed by atoms with E-state index in [4.69, 9.17) is 4.52 Å². The van der Waals surface area contributed by atoms with Gasteiger partial charge >= 0.3 is 0 Å². The van der Waals surface area contributed by atoms with E-state index < -0.39 is 0 Å². The Morgan fingerprint density at radius 2 is 1.61 bits per heavy atom. The summed E-state index contributed by atoms with van der Waals surface area (Å²) < 4.78 is 5.05. The number of aromatic nitrogens is 2. The van der Waals surface area contributed by atoms with Crippen LogP contribution in [0.2, 0.25) is 0 Å². The fraction of sp³-hybridized carbons (Fsp3) is 0.360. The number of hydrogen-bond donors (Lipinski definition) is 0. The summed E-state index contributed by atoms with van der Waals surface area (Å²) in [4.78, 5) is 35.9. The maximum Gasteiger partial charge on any atom is 0.228 e. The van der Waals surface area contributed by atoms with Gasteiger partial charge in [-0.1, -0.05) is 22.9 Å². The van der Waals surface area contributed by atoms with Crippen molar-refractivity contribution in [3.05, 3.63) is 60.0 Å². The van der Waals surface area contributed by atoms with Crippen molar-refractivity contribution in [1.29, 1.82) is 0 Å². The molecule has 3 aromatic rings. The second kappa shape index (κ2) is 8.69. The lowest BCUT2D eigenvalue weighted by molar-refractivity contribution is -0.136. The van der Waals surface area contributed by atoms with E-state index >= 15 is 0 Å². The fourth-order valence-electron chi connectivity index (χ4n) is 4.53. The van der Waals surface area contributed by atoms with Crippen molar-refractivity contribution in [2.24, 2.45) is 5.92 Å². The lowest BCUT2D eigenvalue weighted by Crippen LogP contribution is -2.50. The minimum atomic E-state index is -0.275. The number of nitrogens with zero attached hydrogens (tertiary/aromatic N) is 5. The lowest BCUT2D eigenvalue weighted by Gasteiger charge is -2.37. The molecular formula is C25H27N5O3. The molecule has 0 bridgehead atoms. The molecule has 2 fully saturated rings. The summed E-state index contributed by atoms with van der Waals surface area (Å²) in [6, 6.07) is 16.0. The number of benzene rings is 2. The Morgan fingerprint density at radius 1 is 0.939 bits per heavy atom. The number of piperazine rings is 1. The summed E-state index contributed by atoms with van der Waals surface area (Å²) in [6.45, 7) is 7.07. The molecule has 1 unspecified atom stereocenters. The Labute approximate surface area is 192 Å². The number of hydrogen-bond acceptors (Lipinski definition) is 6. The van der Waals surface area contributed by atoms with Gasteiger partial charge in [0.2, 0.25) is 23.5 Å². The van der Waals surface area contributed by atoms with Crippen LogP contribution in [0.5, 0.6) is 0 Å². The monoisotopic (exact) mass is 445 g/mol. The van der Waals surface area contributed by atoms with E-state index in [1.165, 1.54) is 0 Å². The lowest BCUT2D eigenvalue weighted by atomic mass is 10.1. The molecule has 170 valence electrons. The highest BCUT2D eigenvalue weighted by Crippen LogP contribution is 2.28. The third-order valence-electron chi connectivity index (χ3n) is 6.43. The molecule has 1 atom stereocenters. The topological polar surface area (TPSA) is 82.8 Å². The Morgan fingerprint density at radius 3 is 2.24 bits per heavy atom. The summed E-state index contributed by atoms with van der Waals surface area (Å²) in [5, 5.41) is 3.96. The predicted octanol–water partition coefficient (Wildman–Crippen LogP) is 3.06. The van der Waals surface area contributed by atoms with Gasteiger partial charge in [0.25, 0.3) is 0 Å². The first kappa shape index (κ1) is 21.2. The van der Waals surface area contributed by atoms with E-state index in [1.807, 2.05) is 60.4 Å². The van der Waals surface area contributed by atoms with E-state index in [2.05, 4.69) is 15.0 Å². The fourth-order valence-corrected chi connectivity index (χ4v) is 4.53. The van der Waals surface area contributed by atoms with E-state index in [0.29, 0.717) is 31.3 Å². The second-order valence-corrected chi connectivity index (χ2v) is 8.74. The first-order chi connectivity index (χ1) is 16.0. The quantitative estimate of drug-likeness (QED) is 0.614. The molecule has 0 aliphatic carbocycles. The molecule has 0 spiro atoms. The van der Waals surface area contributed by atoms with Crippen molar-refractivity contribution in [3.63, 3.8) is 0 Å². The van der Waals surface area contributed by atoms with Crippen LogP contribution in [-0.4, -0.2) is 59.6 Å².